The minimum atomic E-state index is -1.21. The summed E-state index contributed by atoms with van der Waals surface area (Å²) in [6.45, 7) is 1.72. The van der Waals surface area contributed by atoms with E-state index in [0.717, 1.165) is 15.4 Å². The van der Waals surface area contributed by atoms with Gasteiger partial charge in [0.25, 0.3) is 0 Å². The summed E-state index contributed by atoms with van der Waals surface area (Å²) in [7, 11) is 0. The normalized spacial score (nSPS) is 26.8. The van der Waals surface area contributed by atoms with Crippen LogP contribution in [0.4, 0.5) is 11.4 Å². The number of amides is 4. The average molecular weight is 621 g/mol. The summed E-state index contributed by atoms with van der Waals surface area (Å²) in [5.41, 5.74) is 2.13. The van der Waals surface area contributed by atoms with Gasteiger partial charge >= 0.3 is 11.9 Å². The molecule has 6 atom stereocenters. The van der Waals surface area contributed by atoms with E-state index < -0.39 is 71.1 Å². The third kappa shape index (κ3) is 4.26. The monoisotopic (exact) mass is 620 g/mol. The lowest BCUT2D eigenvalue weighted by Crippen LogP contribution is -2.43. The van der Waals surface area contributed by atoms with Crippen LogP contribution in [-0.4, -0.2) is 50.9 Å². The number of carbonyl (C=O) groups excluding carboxylic acids is 4. The van der Waals surface area contributed by atoms with Crippen LogP contribution in [0.5, 0.6) is 5.75 Å². The summed E-state index contributed by atoms with van der Waals surface area (Å²) in [5.74, 6) is -8.82. The van der Waals surface area contributed by atoms with Gasteiger partial charge in [-0.25, -0.2) is 9.59 Å². The number of benzene rings is 3. The second kappa shape index (κ2) is 10.5. The highest BCUT2D eigenvalue weighted by molar-refractivity contribution is 6.24. The van der Waals surface area contributed by atoms with Crippen molar-refractivity contribution in [1.29, 1.82) is 0 Å². The lowest BCUT2D eigenvalue weighted by atomic mass is 9.57. The number of carbonyl (C=O) groups is 6. The minimum absolute atomic E-state index is 0.0575. The van der Waals surface area contributed by atoms with Gasteiger partial charge in [-0.3, -0.25) is 29.0 Å². The third-order valence-corrected chi connectivity index (χ3v) is 9.93. The van der Waals surface area contributed by atoms with Gasteiger partial charge in [0.2, 0.25) is 23.6 Å². The molecule has 4 amide bonds. The van der Waals surface area contributed by atoms with Gasteiger partial charge in [0.05, 0.1) is 46.2 Å². The fourth-order valence-corrected chi connectivity index (χ4v) is 7.90. The number of fused-ring (bicyclic) bond motifs is 4. The second-order valence-electron chi connectivity index (χ2n) is 12.3. The number of hydrogen-bond acceptors (Lipinski definition) is 7. The van der Waals surface area contributed by atoms with Gasteiger partial charge in [-0.2, -0.15) is 0 Å². The molecule has 2 saturated heterocycles. The Labute approximate surface area is 262 Å². The fraction of sp³-hybridized carbons (Fsp3) is 0.257. The van der Waals surface area contributed by atoms with E-state index in [0.29, 0.717) is 11.1 Å². The molecule has 7 rings (SSSR count). The van der Waals surface area contributed by atoms with Crippen molar-refractivity contribution in [2.75, 3.05) is 9.80 Å². The number of phenolic OH excluding ortho intramolecular Hbond substituents is 1. The zero-order chi connectivity index (χ0) is 32.6. The summed E-state index contributed by atoms with van der Waals surface area (Å²) in [6.07, 6.45) is 2.23. The molecule has 3 aromatic carbocycles. The van der Waals surface area contributed by atoms with Gasteiger partial charge < -0.3 is 15.3 Å². The molecule has 1 saturated carbocycles. The number of anilines is 2. The number of phenols is 1. The smallest absolute Gasteiger partial charge is 0.335 e. The van der Waals surface area contributed by atoms with E-state index >= 15 is 0 Å². The Morgan fingerprint density at radius 2 is 1.26 bits per heavy atom. The summed E-state index contributed by atoms with van der Waals surface area (Å²) in [6, 6.07) is 16.2. The molecule has 2 aliphatic heterocycles. The van der Waals surface area contributed by atoms with Crippen molar-refractivity contribution in [2.45, 2.75) is 25.7 Å². The molecule has 2 heterocycles. The van der Waals surface area contributed by atoms with Crippen molar-refractivity contribution in [1.82, 2.24) is 0 Å². The van der Waals surface area contributed by atoms with Crippen molar-refractivity contribution in [2.24, 2.45) is 29.6 Å². The number of carboxylic acid groups (broad SMARTS) is 2. The van der Waals surface area contributed by atoms with Crippen molar-refractivity contribution in [3.05, 3.63) is 101 Å². The van der Waals surface area contributed by atoms with Crippen LogP contribution < -0.4 is 9.80 Å². The molecular weight excluding hydrogens is 592 g/mol. The predicted molar refractivity (Wildman–Crippen MR) is 162 cm³/mol. The molecule has 11 nitrogen and oxygen atoms in total. The van der Waals surface area contributed by atoms with Crippen LogP contribution in [0.15, 0.2) is 78.4 Å². The number of rotatable bonds is 5. The topological polar surface area (TPSA) is 170 Å². The van der Waals surface area contributed by atoms with Crippen LogP contribution in [0, 0.1) is 36.5 Å². The Morgan fingerprint density at radius 3 is 1.83 bits per heavy atom. The molecule has 2 aliphatic carbocycles. The highest BCUT2D eigenvalue weighted by atomic mass is 16.4. The number of imide groups is 2. The summed E-state index contributed by atoms with van der Waals surface area (Å²) in [5, 5.41) is 29.3. The number of aromatic hydroxyl groups is 1. The molecular formula is C35H28N2O9. The van der Waals surface area contributed by atoms with Crippen LogP contribution in [0.2, 0.25) is 0 Å². The van der Waals surface area contributed by atoms with E-state index in [1.54, 1.807) is 19.1 Å². The molecule has 232 valence electrons. The van der Waals surface area contributed by atoms with E-state index in [4.69, 9.17) is 0 Å². The minimum Gasteiger partial charge on any atom is -0.508 e. The maximum Gasteiger partial charge on any atom is 0.335 e. The first kappa shape index (κ1) is 29.1. The zero-order valence-electron chi connectivity index (χ0n) is 24.5. The first-order valence-corrected chi connectivity index (χ1v) is 14.9. The number of aryl methyl sites for hydroxylation is 1. The van der Waals surface area contributed by atoms with Gasteiger partial charge in [0, 0.05) is 5.92 Å². The van der Waals surface area contributed by atoms with Crippen LogP contribution in [0.3, 0.4) is 0 Å². The second-order valence-corrected chi connectivity index (χ2v) is 12.3. The Kier molecular flexibility index (Phi) is 6.66. The molecule has 46 heavy (non-hydrogen) atoms. The first-order valence-electron chi connectivity index (χ1n) is 14.9. The Hall–Kier alpha value is -5.58. The molecule has 11 heteroatoms. The standard InChI is InChI=1S/C35H28N2O9/c1-16-12-17(8-11-26(16)38)27-22-9-10-23-28(32(41)36(30(23)39)20-6-2-4-18(13-20)34(43)44)24(22)15-25-29(27)33(42)37(31(25)40)21-7-3-5-19(14-21)35(45)46/h2-9,11-14,23-25,27-29,38H,10,15H2,1H3,(H,43,44)(H,45,46)/t23-,24+,25+,27-,28-,29+/m0/s1. The van der Waals surface area contributed by atoms with Gasteiger partial charge in [-0.1, -0.05) is 35.9 Å². The first-order chi connectivity index (χ1) is 22.0. The maximum atomic E-state index is 14.2. The number of hydrogen-bond donors (Lipinski definition) is 3. The molecule has 0 bridgehead atoms. The van der Waals surface area contributed by atoms with Crippen molar-refractivity contribution >= 4 is 46.9 Å². The number of aromatic carboxylic acids is 2. The average Bonchev–Trinajstić information content (AvgIpc) is 3.45. The molecule has 0 unspecified atom stereocenters. The van der Waals surface area contributed by atoms with E-state index in [2.05, 4.69) is 0 Å². The summed E-state index contributed by atoms with van der Waals surface area (Å²) in [4.78, 5) is 81.6. The van der Waals surface area contributed by atoms with Crippen molar-refractivity contribution in [3.63, 3.8) is 0 Å². The van der Waals surface area contributed by atoms with Crippen LogP contribution in [0.25, 0.3) is 0 Å². The van der Waals surface area contributed by atoms with Crippen LogP contribution in [0.1, 0.15) is 50.6 Å². The Bertz CT molecular complexity index is 1930. The van der Waals surface area contributed by atoms with Gasteiger partial charge in [0.15, 0.2) is 0 Å². The molecule has 0 radical (unpaired) electrons. The molecule has 0 aromatic heterocycles. The number of nitrogens with zero attached hydrogens (tertiary/aromatic N) is 2. The van der Waals surface area contributed by atoms with Gasteiger partial charge in [-0.05, 0) is 79.3 Å². The lowest BCUT2D eigenvalue weighted by Gasteiger charge is -2.44. The van der Waals surface area contributed by atoms with Crippen LogP contribution >= 0.6 is 0 Å². The Balaban J connectivity index is 1.33. The molecule has 4 aliphatic rings. The molecule has 3 N–H and O–H groups in total. The predicted octanol–water partition coefficient (Wildman–Crippen LogP) is 4.14. The third-order valence-electron chi connectivity index (χ3n) is 9.93. The molecule has 0 spiro atoms. The van der Waals surface area contributed by atoms with Crippen LogP contribution in [-0.2, 0) is 19.2 Å². The van der Waals surface area contributed by atoms with Gasteiger partial charge in [0.1, 0.15) is 5.75 Å². The largest absolute Gasteiger partial charge is 0.508 e. The van der Waals surface area contributed by atoms with Crippen molar-refractivity contribution < 1.29 is 44.1 Å². The number of carboxylic acids is 2. The highest BCUT2D eigenvalue weighted by Gasteiger charge is 2.62. The van der Waals surface area contributed by atoms with E-state index in [1.165, 1.54) is 54.6 Å². The quantitative estimate of drug-likeness (QED) is 0.280. The number of allylic oxidation sites excluding steroid dienone is 2. The summed E-state index contributed by atoms with van der Waals surface area (Å²) < 4.78 is 0. The maximum absolute atomic E-state index is 14.2. The van der Waals surface area contributed by atoms with Crippen molar-refractivity contribution in [3.8, 4) is 5.75 Å². The van der Waals surface area contributed by atoms with E-state index in [9.17, 15) is 44.1 Å². The SMILES string of the molecule is Cc1cc([C@H]2C3=CC[C@@H]4C(=O)N(c5cccc(C(=O)O)c5)C(=O)[C@@H]4[C@@H]3C[C@H]3C(=O)N(c4cccc(C(=O)O)c4)C(=O)[C@@H]23)ccc1O. The lowest BCUT2D eigenvalue weighted by molar-refractivity contribution is -0.126. The highest BCUT2D eigenvalue weighted by Crippen LogP contribution is 2.58. The molecule has 3 fully saturated rings. The Morgan fingerprint density at radius 1 is 0.696 bits per heavy atom. The fourth-order valence-electron chi connectivity index (χ4n) is 7.90. The zero-order valence-corrected chi connectivity index (χ0v) is 24.5. The van der Waals surface area contributed by atoms with E-state index in [-0.39, 0.29) is 41.1 Å². The van der Waals surface area contributed by atoms with E-state index in [1.807, 2.05) is 6.08 Å². The van der Waals surface area contributed by atoms with Gasteiger partial charge in [-0.15, -0.1) is 0 Å². The molecule has 3 aromatic rings. The summed E-state index contributed by atoms with van der Waals surface area (Å²) >= 11 is 0.